The van der Waals surface area contributed by atoms with E-state index in [0.29, 0.717) is 17.0 Å². The van der Waals surface area contributed by atoms with Crippen molar-refractivity contribution < 1.29 is 18.4 Å². The summed E-state index contributed by atoms with van der Waals surface area (Å²) in [5.74, 6) is -0.952. The molecule has 0 radical (unpaired) electrons. The Morgan fingerprint density at radius 2 is 1.82 bits per heavy atom. The van der Waals surface area contributed by atoms with Crippen LogP contribution in [0, 0.1) is 11.6 Å². The van der Waals surface area contributed by atoms with Crippen LogP contribution in [-0.2, 0) is 4.84 Å². The molecule has 33 heavy (non-hydrogen) atoms. The van der Waals surface area contributed by atoms with E-state index >= 15 is 0 Å². The normalized spacial score (nSPS) is 15.5. The first-order valence-corrected chi connectivity index (χ1v) is 10.7. The number of hydrogen-bond acceptors (Lipinski definition) is 5. The van der Waals surface area contributed by atoms with Gasteiger partial charge in [0, 0.05) is 42.5 Å². The van der Waals surface area contributed by atoms with E-state index in [4.69, 9.17) is 9.57 Å². The fourth-order valence-electron chi connectivity index (χ4n) is 3.80. The molecule has 0 unspecified atom stereocenters. The monoisotopic (exact) mass is 453 g/mol. The summed E-state index contributed by atoms with van der Waals surface area (Å²) in [4.78, 5) is 20.7. The van der Waals surface area contributed by atoms with Crippen LogP contribution in [0.5, 0.6) is 5.75 Å². The number of rotatable bonds is 6. The first-order valence-electron chi connectivity index (χ1n) is 10.7. The van der Waals surface area contributed by atoms with Crippen LogP contribution in [-0.4, -0.2) is 48.5 Å². The third-order valence-corrected chi connectivity index (χ3v) is 5.67. The lowest BCUT2D eigenvalue weighted by atomic mass is 10.0. The van der Waals surface area contributed by atoms with E-state index in [-0.39, 0.29) is 22.9 Å². The third-order valence-electron chi connectivity index (χ3n) is 5.67. The van der Waals surface area contributed by atoms with Crippen LogP contribution in [0.2, 0.25) is 0 Å². The van der Waals surface area contributed by atoms with Gasteiger partial charge >= 0.3 is 0 Å². The molecule has 6 nitrogen and oxygen atoms in total. The Kier molecular flexibility index (Phi) is 6.84. The summed E-state index contributed by atoms with van der Waals surface area (Å²) in [6.45, 7) is 1.75. The summed E-state index contributed by atoms with van der Waals surface area (Å²) in [5, 5.41) is 4.30. The van der Waals surface area contributed by atoms with Crippen LogP contribution in [0.4, 0.5) is 8.78 Å². The second-order valence-corrected chi connectivity index (χ2v) is 7.97. The van der Waals surface area contributed by atoms with Gasteiger partial charge in [-0.3, -0.25) is 9.36 Å². The van der Waals surface area contributed by atoms with Crippen molar-refractivity contribution >= 4 is 5.71 Å². The van der Waals surface area contributed by atoms with E-state index in [1.165, 1.54) is 29.9 Å². The average molecular weight is 453 g/mol. The van der Waals surface area contributed by atoms with Gasteiger partial charge in [-0.25, -0.2) is 8.78 Å². The van der Waals surface area contributed by atoms with Crippen molar-refractivity contribution in [1.82, 2.24) is 9.47 Å². The highest BCUT2D eigenvalue weighted by Gasteiger charge is 2.20. The van der Waals surface area contributed by atoms with E-state index in [2.05, 4.69) is 10.1 Å². The lowest BCUT2D eigenvalue weighted by molar-refractivity contribution is 0.0163. The third kappa shape index (κ3) is 5.12. The SMILES string of the molecule is COc1ccccc1-n1cc(/C(=N/OC2CCN(C)CC2)c2ccc(F)cc2F)ccc1=O. The van der Waals surface area contributed by atoms with Gasteiger partial charge in [-0.2, -0.15) is 0 Å². The smallest absolute Gasteiger partial charge is 0.255 e. The number of ether oxygens (including phenoxy) is 1. The Morgan fingerprint density at radius 1 is 1.06 bits per heavy atom. The molecular weight excluding hydrogens is 428 g/mol. The molecule has 3 aromatic rings. The minimum atomic E-state index is -0.768. The van der Waals surface area contributed by atoms with Crippen molar-refractivity contribution in [1.29, 1.82) is 0 Å². The molecule has 1 aliphatic rings. The molecule has 1 saturated heterocycles. The van der Waals surface area contributed by atoms with Crippen molar-refractivity contribution in [3.05, 3.63) is 93.9 Å². The van der Waals surface area contributed by atoms with E-state index in [1.807, 2.05) is 7.05 Å². The number of oxime groups is 1. The van der Waals surface area contributed by atoms with Crippen molar-refractivity contribution in [3.8, 4) is 11.4 Å². The molecule has 0 spiro atoms. The van der Waals surface area contributed by atoms with Gasteiger partial charge in [0.2, 0.25) is 0 Å². The maximum Gasteiger partial charge on any atom is 0.255 e. The standard InChI is InChI=1S/C25H25F2N3O3/c1-29-13-11-19(12-14-29)33-28-25(20-9-8-18(26)15-21(20)27)17-7-10-24(31)30(16-17)22-5-3-4-6-23(22)32-2/h3-10,15-16,19H,11-14H2,1-2H3/b28-25-. The summed E-state index contributed by atoms with van der Waals surface area (Å²) in [6.07, 6.45) is 3.03. The molecule has 0 N–H and O–H groups in total. The molecule has 0 aliphatic carbocycles. The number of hydrogen-bond donors (Lipinski definition) is 0. The molecule has 1 fully saturated rings. The zero-order valence-corrected chi connectivity index (χ0v) is 18.5. The van der Waals surface area contributed by atoms with Gasteiger partial charge in [-0.1, -0.05) is 17.3 Å². The van der Waals surface area contributed by atoms with Crippen LogP contribution in [0.1, 0.15) is 24.0 Å². The Morgan fingerprint density at radius 3 is 2.55 bits per heavy atom. The van der Waals surface area contributed by atoms with Gasteiger partial charge in [0.25, 0.3) is 5.56 Å². The Hall–Kier alpha value is -3.52. The highest BCUT2D eigenvalue weighted by molar-refractivity contribution is 6.12. The molecule has 1 aromatic heterocycles. The van der Waals surface area contributed by atoms with E-state index in [1.54, 1.807) is 36.5 Å². The quantitative estimate of drug-likeness (QED) is 0.418. The summed E-state index contributed by atoms with van der Waals surface area (Å²) < 4.78 is 35.1. The zero-order valence-electron chi connectivity index (χ0n) is 18.5. The number of piperidine rings is 1. The minimum Gasteiger partial charge on any atom is -0.495 e. The predicted octanol–water partition coefficient (Wildman–Crippen LogP) is 3.99. The number of pyridine rings is 1. The molecule has 0 amide bonds. The molecule has 4 rings (SSSR count). The van der Waals surface area contributed by atoms with Gasteiger partial charge in [-0.15, -0.1) is 0 Å². The molecule has 0 saturated carbocycles. The summed E-state index contributed by atoms with van der Waals surface area (Å²) >= 11 is 0. The van der Waals surface area contributed by atoms with Crippen molar-refractivity contribution in [2.45, 2.75) is 18.9 Å². The van der Waals surface area contributed by atoms with Gasteiger partial charge < -0.3 is 14.5 Å². The average Bonchev–Trinajstić information content (AvgIpc) is 2.82. The highest BCUT2D eigenvalue weighted by atomic mass is 19.1. The lowest BCUT2D eigenvalue weighted by Gasteiger charge is -2.27. The van der Waals surface area contributed by atoms with Crippen molar-refractivity contribution in [3.63, 3.8) is 0 Å². The molecule has 1 aliphatic heterocycles. The van der Waals surface area contributed by atoms with Gasteiger partial charge in [0.05, 0.1) is 12.8 Å². The molecular formula is C25H25F2N3O3. The Labute approximate surface area is 190 Å². The Balaban J connectivity index is 1.79. The van der Waals surface area contributed by atoms with Gasteiger partial charge in [0.15, 0.2) is 0 Å². The topological polar surface area (TPSA) is 56.1 Å². The number of para-hydroxylation sites is 2. The summed E-state index contributed by atoms with van der Waals surface area (Å²) in [5.41, 5.74) is 0.934. The molecule has 8 heteroatoms. The fourth-order valence-corrected chi connectivity index (χ4v) is 3.80. The lowest BCUT2D eigenvalue weighted by Crippen LogP contribution is -2.33. The number of methoxy groups -OCH3 is 1. The van der Waals surface area contributed by atoms with Crippen LogP contribution in [0.15, 0.2) is 70.7 Å². The van der Waals surface area contributed by atoms with Gasteiger partial charge in [-0.05, 0) is 50.2 Å². The summed E-state index contributed by atoms with van der Waals surface area (Å²) in [6, 6.07) is 13.3. The first-order chi connectivity index (χ1) is 16.0. The predicted molar refractivity (Wildman–Crippen MR) is 122 cm³/mol. The number of likely N-dealkylation sites (tertiary alicyclic amines) is 1. The van der Waals surface area contributed by atoms with E-state index in [9.17, 15) is 13.6 Å². The maximum atomic E-state index is 14.8. The largest absolute Gasteiger partial charge is 0.495 e. The fraction of sp³-hybridized carbons (Fsp3) is 0.280. The second kappa shape index (κ2) is 9.95. The second-order valence-electron chi connectivity index (χ2n) is 7.97. The molecule has 172 valence electrons. The van der Waals surface area contributed by atoms with Crippen LogP contribution >= 0.6 is 0 Å². The van der Waals surface area contributed by atoms with Gasteiger partial charge in [0.1, 0.15) is 29.2 Å². The first kappa shape index (κ1) is 22.7. The van der Waals surface area contributed by atoms with E-state index < -0.39 is 11.6 Å². The van der Waals surface area contributed by atoms with Crippen LogP contribution < -0.4 is 10.3 Å². The van der Waals surface area contributed by atoms with E-state index in [0.717, 1.165) is 32.0 Å². The highest BCUT2D eigenvalue weighted by Crippen LogP contribution is 2.23. The number of nitrogens with zero attached hydrogens (tertiary/aromatic N) is 3. The zero-order chi connectivity index (χ0) is 23.4. The van der Waals surface area contributed by atoms with Crippen LogP contribution in [0.3, 0.4) is 0 Å². The number of aromatic nitrogens is 1. The van der Waals surface area contributed by atoms with Crippen molar-refractivity contribution in [2.24, 2.45) is 5.16 Å². The maximum absolute atomic E-state index is 14.8. The number of benzene rings is 2. The summed E-state index contributed by atoms with van der Waals surface area (Å²) in [7, 11) is 3.56. The minimum absolute atomic E-state index is 0.0783. The molecule has 2 aromatic carbocycles. The number of halogens is 2. The molecule has 2 heterocycles. The molecule has 0 bridgehead atoms. The molecule has 0 atom stereocenters. The Bertz CT molecular complexity index is 1220. The van der Waals surface area contributed by atoms with Crippen LogP contribution in [0.25, 0.3) is 5.69 Å². The van der Waals surface area contributed by atoms with Crippen molar-refractivity contribution in [2.75, 3.05) is 27.2 Å².